The number of rotatable bonds is 4. The van der Waals surface area contributed by atoms with Gasteiger partial charge in [0.1, 0.15) is 17.5 Å². The molecule has 2 aliphatic rings. The summed E-state index contributed by atoms with van der Waals surface area (Å²) in [5.41, 5.74) is -1.75. The maximum Gasteiger partial charge on any atom is 0.416 e. The molecule has 1 saturated heterocycles. The Balaban J connectivity index is 1.46. The molecular formula is C25H20F3N3O5S2. The topological polar surface area (TPSA) is 109 Å². The third kappa shape index (κ3) is 4.29. The van der Waals surface area contributed by atoms with Crippen LogP contribution >= 0.6 is 23.1 Å². The molecule has 2 N–H and O–H groups in total. The van der Waals surface area contributed by atoms with Crippen molar-refractivity contribution in [3.63, 3.8) is 0 Å². The molecule has 8 nitrogen and oxygen atoms in total. The van der Waals surface area contributed by atoms with Gasteiger partial charge in [-0.2, -0.15) is 13.2 Å². The molecule has 3 heterocycles. The van der Waals surface area contributed by atoms with Crippen molar-refractivity contribution in [1.29, 1.82) is 0 Å². The lowest BCUT2D eigenvalue weighted by Crippen LogP contribution is -2.42. The van der Waals surface area contributed by atoms with Crippen molar-refractivity contribution in [2.45, 2.75) is 42.3 Å². The number of aromatic nitrogens is 1. The van der Waals surface area contributed by atoms with E-state index in [1.54, 1.807) is 13.8 Å². The van der Waals surface area contributed by atoms with Crippen LogP contribution in [0.1, 0.15) is 24.3 Å². The number of benzene rings is 2. The second kappa shape index (κ2) is 9.02. The summed E-state index contributed by atoms with van der Waals surface area (Å²) in [6, 6.07) is 9.82. The lowest BCUT2D eigenvalue weighted by atomic mass is 9.76. The van der Waals surface area contributed by atoms with Crippen LogP contribution in [0.4, 0.5) is 24.5 Å². The van der Waals surface area contributed by atoms with Gasteiger partial charge in [0.05, 0.1) is 22.2 Å². The van der Waals surface area contributed by atoms with Gasteiger partial charge in [0.2, 0.25) is 17.7 Å². The minimum Gasteiger partial charge on any atom is -0.508 e. The molecule has 198 valence electrons. The van der Waals surface area contributed by atoms with Crippen LogP contribution in [-0.4, -0.2) is 32.6 Å². The zero-order valence-electron chi connectivity index (χ0n) is 19.9. The molecule has 38 heavy (non-hydrogen) atoms. The largest absolute Gasteiger partial charge is 0.508 e. The zero-order chi connectivity index (χ0) is 27.6. The number of anilines is 2. The molecule has 0 saturated carbocycles. The Morgan fingerprint density at radius 3 is 2.42 bits per heavy atom. The van der Waals surface area contributed by atoms with Crippen LogP contribution in [0, 0.1) is 5.92 Å². The number of halogens is 3. The molecular weight excluding hydrogens is 543 g/mol. The second-order valence-electron chi connectivity index (χ2n) is 9.48. The van der Waals surface area contributed by atoms with Crippen molar-refractivity contribution in [2.24, 2.45) is 5.92 Å². The average Bonchev–Trinajstić information content (AvgIpc) is 3.29. The van der Waals surface area contributed by atoms with Crippen molar-refractivity contribution in [1.82, 2.24) is 4.57 Å². The number of carbonyl (C=O) groups excluding carboxylic acids is 3. The third-order valence-electron chi connectivity index (χ3n) is 6.59. The van der Waals surface area contributed by atoms with Gasteiger partial charge in [-0.05, 0) is 42.5 Å². The fraction of sp³-hybridized carbons (Fsp3) is 0.280. The molecule has 0 unspecified atom stereocenters. The maximum absolute atomic E-state index is 13.5. The minimum absolute atomic E-state index is 0.0225. The molecule has 0 aliphatic carbocycles. The van der Waals surface area contributed by atoms with Crippen molar-refractivity contribution in [3.05, 3.63) is 68.6 Å². The van der Waals surface area contributed by atoms with Gasteiger partial charge >= 0.3 is 11.0 Å². The average molecular weight is 564 g/mol. The number of imide groups is 1. The third-order valence-corrected chi connectivity index (χ3v) is 9.41. The number of aromatic hydroxyl groups is 1. The molecule has 2 aromatic carbocycles. The molecule has 1 aromatic heterocycles. The van der Waals surface area contributed by atoms with Gasteiger partial charge in [-0.25, -0.2) is 4.90 Å². The van der Waals surface area contributed by atoms with Gasteiger partial charge in [-0.15, -0.1) is 0 Å². The van der Waals surface area contributed by atoms with Crippen LogP contribution in [0.25, 0.3) is 0 Å². The van der Waals surface area contributed by atoms with E-state index in [1.165, 1.54) is 34.9 Å². The van der Waals surface area contributed by atoms with E-state index < -0.39 is 50.9 Å². The molecule has 0 radical (unpaired) electrons. The number of fused-ring (bicyclic) bond motifs is 2. The summed E-state index contributed by atoms with van der Waals surface area (Å²) in [4.78, 5) is 53.4. The Bertz CT molecular complexity index is 1530. The van der Waals surface area contributed by atoms with Crippen molar-refractivity contribution in [3.8, 4) is 5.75 Å². The number of carbonyl (C=O) groups is 3. The Morgan fingerprint density at radius 2 is 1.76 bits per heavy atom. The molecule has 3 amide bonds. The first-order chi connectivity index (χ1) is 17.8. The van der Waals surface area contributed by atoms with Crippen LogP contribution in [0.5, 0.6) is 5.75 Å². The van der Waals surface area contributed by atoms with Gasteiger partial charge < -0.3 is 10.4 Å². The zero-order valence-corrected chi connectivity index (χ0v) is 21.5. The number of nitrogens with zero attached hydrogens (tertiary/aromatic N) is 2. The smallest absolute Gasteiger partial charge is 0.416 e. The van der Waals surface area contributed by atoms with Crippen LogP contribution in [0.2, 0.25) is 0 Å². The van der Waals surface area contributed by atoms with Gasteiger partial charge in [-0.1, -0.05) is 43.0 Å². The van der Waals surface area contributed by atoms with E-state index >= 15 is 0 Å². The number of nitrogens with one attached hydrogen (secondary N) is 1. The first kappa shape index (κ1) is 26.0. The highest BCUT2D eigenvalue weighted by Gasteiger charge is 2.59. The number of thiazole rings is 1. The number of amides is 3. The maximum atomic E-state index is 13.5. The quantitative estimate of drug-likeness (QED) is 0.364. The van der Waals surface area contributed by atoms with Crippen molar-refractivity contribution in [2.75, 3.05) is 10.2 Å². The number of thioether (sulfide) groups is 1. The number of hydrogen-bond acceptors (Lipinski definition) is 7. The summed E-state index contributed by atoms with van der Waals surface area (Å²) in [6.45, 7) is 3.06. The summed E-state index contributed by atoms with van der Waals surface area (Å²) in [7, 11) is 0. The summed E-state index contributed by atoms with van der Waals surface area (Å²) < 4.78 is 41.1. The van der Waals surface area contributed by atoms with Crippen LogP contribution in [0.15, 0.2) is 58.4 Å². The molecule has 5 rings (SSSR count). The van der Waals surface area contributed by atoms with E-state index in [1.807, 2.05) is 0 Å². The van der Waals surface area contributed by atoms with Gasteiger partial charge in [0.15, 0.2) is 0 Å². The molecule has 13 heteroatoms. The molecule has 3 aromatic rings. The van der Waals surface area contributed by atoms with E-state index in [4.69, 9.17) is 0 Å². The van der Waals surface area contributed by atoms with Crippen LogP contribution < -0.4 is 15.1 Å². The highest BCUT2D eigenvalue weighted by Crippen LogP contribution is 2.54. The molecule has 0 bridgehead atoms. The Labute approximate surface area is 222 Å². The van der Waals surface area contributed by atoms with Gasteiger partial charge in [0, 0.05) is 16.0 Å². The first-order valence-electron chi connectivity index (χ1n) is 11.3. The SMILES string of the molecule is CC1(C)c2sc(=O)n(CC(=O)Nc3ccc(O)cc3)c2S[C@@H]2C(=O)N(c3cccc(C(F)(F)F)c3)C(=O)[C@@H]21. The Hall–Kier alpha value is -3.58. The van der Waals surface area contributed by atoms with E-state index in [0.29, 0.717) is 15.6 Å². The lowest BCUT2D eigenvalue weighted by molar-refractivity contribution is -0.137. The van der Waals surface area contributed by atoms with Crippen molar-refractivity contribution >= 4 is 52.2 Å². The normalized spacial score (nSPS) is 20.3. The molecule has 2 aliphatic heterocycles. The summed E-state index contributed by atoms with van der Waals surface area (Å²) in [6.07, 6.45) is -4.65. The Kier molecular flexibility index (Phi) is 6.18. The van der Waals surface area contributed by atoms with E-state index in [9.17, 15) is 37.5 Å². The highest BCUT2D eigenvalue weighted by atomic mass is 32.2. The van der Waals surface area contributed by atoms with Crippen LogP contribution in [0.3, 0.4) is 0 Å². The highest BCUT2D eigenvalue weighted by molar-refractivity contribution is 8.00. The molecule has 0 spiro atoms. The van der Waals surface area contributed by atoms with E-state index in [0.717, 1.165) is 46.2 Å². The van der Waals surface area contributed by atoms with Gasteiger partial charge in [-0.3, -0.25) is 23.7 Å². The number of hydrogen-bond donors (Lipinski definition) is 2. The summed E-state index contributed by atoms with van der Waals surface area (Å²) >= 11 is 1.85. The van der Waals surface area contributed by atoms with Crippen molar-refractivity contribution < 1.29 is 32.7 Å². The standard InChI is InChI=1S/C25H20F3N3O5S2/c1-24(2)17-18(21(35)31(20(17)34)14-5-3-4-12(10-14)25(26,27)28)37-22-19(24)38-23(36)30(22)11-16(33)29-13-6-8-15(32)9-7-13/h3-10,17-18,32H,11H2,1-2H3,(H,29,33)/t17-,18+/m1/s1. The lowest BCUT2D eigenvalue weighted by Gasteiger charge is -2.36. The number of phenols is 1. The fourth-order valence-electron chi connectivity index (χ4n) is 4.73. The van der Waals surface area contributed by atoms with Gasteiger partial charge in [0.25, 0.3) is 0 Å². The summed E-state index contributed by atoms with van der Waals surface area (Å²) in [5.74, 6) is -2.73. The first-order valence-corrected chi connectivity index (χ1v) is 13.0. The Morgan fingerprint density at radius 1 is 1.08 bits per heavy atom. The monoisotopic (exact) mass is 563 g/mol. The predicted molar refractivity (Wildman–Crippen MR) is 135 cm³/mol. The van der Waals surface area contributed by atoms with E-state index in [-0.39, 0.29) is 18.0 Å². The summed E-state index contributed by atoms with van der Waals surface area (Å²) in [5, 5.41) is 11.4. The fourth-order valence-corrected chi connectivity index (χ4v) is 7.77. The van der Waals surface area contributed by atoms with E-state index in [2.05, 4.69) is 5.32 Å². The second-order valence-corrected chi connectivity index (χ2v) is 11.6. The number of phenolic OH excluding ortho intramolecular Hbond substituents is 1. The molecule has 2 atom stereocenters. The van der Waals surface area contributed by atoms with Crippen LogP contribution in [-0.2, 0) is 32.5 Å². The number of alkyl halides is 3. The predicted octanol–water partition coefficient (Wildman–Crippen LogP) is 4.21. The molecule has 1 fully saturated rings. The minimum atomic E-state index is -4.65.